The number of nitrogens with zero attached hydrogens (tertiary/aromatic N) is 2. The molecule has 0 bridgehead atoms. The lowest BCUT2D eigenvalue weighted by atomic mass is 10.0. The molecule has 0 saturated carbocycles. The maximum Gasteiger partial charge on any atom is 0.337 e. The van der Waals surface area contributed by atoms with Gasteiger partial charge in [0.15, 0.2) is 11.3 Å². The van der Waals surface area contributed by atoms with Gasteiger partial charge in [0.2, 0.25) is 15.9 Å². The minimum absolute atomic E-state index is 0.0441. The Balaban J connectivity index is 1.86. The van der Waals surface area contributed by atoms with Crippen molar-refractivity contribution < 1.29 is 32.4 Å². The number of nitriles is 1. The normalized spacial score (nSPS) is 11.1. The first-order valence-electron chi connectivity index (χ1n) is 10.9. The molecule has 0 fully saturated rings. The van der Waals surface area contributed by atoms with Gasteiger partial charge in [0.25, 0.3) is 5.91 Å². The number of carbonyl (C=O) groups is 3. The number of para-hydroxylation sites is 1. The number of rotatable bonds is 7. The Kier molecular flexibility index (Phi) is 6.94. The molecule has 2 amide bonds. The van der Waals surface area contributed by atoms with E-state index < -0.39 is 21.9 Å². The fraction of sp³-hybridized carbons (Fsp3) is 0.0800. The highest BCUT2D eigenvalue weighted by molar-refractivity contribution is 7.89. The third-order valence-corrected chi connectivity index (χ3v) is 6.95. The third-order valence-electron chi connectivity index (χ3n) is 5.50. The van der Waals surface area contributed by atoms with Crippen LogP contribution >= 0.6 is 0 Å². The summed E-state index contributed by atoms with van der Waals surface area (Å²) in [7, 11) is -2.87. The van der Waals surface area contributed by atoms with Crippen LogP contribution in [0.5, 0.6) is 0 Å². The van der Waals surface area contributed by atoms with Gasteiger partial charge in [-0.25, -0.2) is 17.9 Å². The lowest BCUT2D eigenvalue weighted by Gasteiger charge is -2.14. The minimum atomic E-state index is -4.09. The maximum absolute atomic E-state index is 13.1. The van der Waals surface area contributed by atoms with Gasteiger partial charge in [-0.1, -0.05) is 23.4 Å². The van der Waals surface area contributed by atoms with E-state index in [-0.39, 0.29) is 49.8 Å². The van der Waals surface area contributed by atoms with Crippen molar-refractivity contribution in [3.05, 3.63) is 71.4 Å². The van der Waals surface area contributed by atoms with Crippen molar-refractivity contribution in [3.63, 3.8) is 0 Å². The van der Waals surface area contributed by atoms with Crippen molar-refractivity contribution in [2.24, 2.45) is 0 Å². The number of carbonyl (C=O) groups excluding carboxylic acids is 2. The van der Waals surface area contributed by atoms with Crippen LogP contribution < -0.4 is 15.4 Å². The Hall–Kier alpha value is -5.06. The Morgan fingerprint density at radius 1 is 1.00 bits per heavy atom. The van der Waals surface area contributed by atoms with Crippen LogP contribution in [0.3, 0.4) is 0 Å². The maximum atomic E-state index is 13.1. The standard InChI is InChI=1S/C25H19N5O7S/c1-13(31)28-19-6-4-3-5-15(19)16-10-21-18(11-22(16)38(35,36)27-2)23(30-37-21)24(32)29-20-8-7-14(12-26)9-17(20)25(33)34/h3-11,27H,1-2H3,(H,28,31)(H,29,32)(H,33,34). The van der Waals surface area contributed by atoms with E-state index in [4.69, 9.17) is 9.78 Å². The van der Waals surface area contributed by atoms with Gasteiger partial charge in [-0.3, -0.25) is 9.59 Å². The number of carboxylic acid groups (broad SMARTS) is 1. The van der Waals surface area contributed by atoms with Crippen LogP contribution in [0.2, 0.25) is 0 Å². The van der Waals surface area contributed by atoms with Gasteiger partial charge in [-0.05, 0) is 43.4 Å². The summed E-state index contributed by atoms with van der Waals surface area (Å²) in [5.74, 6) is -2.60. The summed E-state index contributed by atoms with van der Waals surface area (Å²) in [6.07, 6.45) is 0. The molecule has 3 aromatic carbocycles. The average molecular weight is 534 g/mol. The van der Waals surface area contributed by atoms with Crippen LogP contribution in [0.25, 0.3) is 22.1 Å². The number of sulfonamides is 1. The summed E-state index contributed by atoms with van der Waals surface area (Å²) in [6, 6.07) is 14.7. The molecule has 0 radical (unpaired) electrons. The van der Waals surface area contributed by atoms with E-state index in [0.717, 1.165) is 6.07 Å². The van der Waals surface area contributed by atoms with Gasteiger partial charge in [0.1, 0.15) is 0 Å². The highest BCUT2D eigenvalue weighted by atomic mass is 32.2. The molecule has 1 heterocycles. The van der Waals surface area contributed by atoms with E-state index in [1.807, 2.05) is 6.07 Å². The number of nitrogens with one attached hydrogen (secondary N) is 3. The van der Waals surface area contributed by atoms with Gasteiger partial charge < -0.3 is 20.3 Å². The molecule has 0 atom stereocenters. The average Bonchev–Trinajstić information content (AvgIpc) is 3.31. The number of aromatic carboxylic acids is 1. The first kappa shape index (κ1) is 26.0. The highest BCUT2D eigenvalue weighted by Gasteiger charge is 2.26. The Morgan fingerprint density at radius 2 is 1.74 bits per heavy atom. The zero-order valence-electron chi connectivity index (χ0n) is 19.9. The van der Waals surface area contributed by atoms with Crippen LogP contribution in [0, 0.1) is 11.3 Å². The van der Waals surface area contributed by atoms with Crippen LogP contribution in [0.1, 0.15) is 33.3 Å². The van der Waals surface area contributed by atoms with E-state index in [9.17, 15) is 27.9 Å². The highest BCUT2D eigenvalue weighted by Crippen LogP contribution is 2.37. The van der Waals surface area contributed by atoms with E-state index >= 15 is 0 Å². The first-order chi connectivity index (χ1) is 18.1. The van der Waals surface area contributed by atoms with E-state index in [2.05, 4.69) is 20.5 Å². The summed E-state index contributed by atoms with van der Waals surface area (Å²) < 4.78 is 33.6. The molecule has 192 valence electrons. The fourth-order valence-electron chi connectivity index (χ4n) is 3.77. The van der Waals surface area contributed by atoms with E-state index in [0.29, 0.717) is 11.3 Å². The molecule has 12 nitrogen and oxygen atoms in total. The molecule has 0 aliphatic carbocycles. The Bertz CT molecular complexity index is 1770. The zero-order chi connectivity index (χ0) is 27.6. The summed E-state index contributed by atoms with van der Waals surface area (Å²) in [5, 5.41) is 27.4. The van der Waals surface area contributed by atoms with Crippen LogP contribution in [-0.4, -0.2) is 43.5 Å². The number of anilines is 2. The Morgan fingerprint density at radius 3 is 2.39 bits per heavy atom. The van der Waals surface area contributed by atoms with E-state index in [1.54, 1.807) is 24.3 Å². The second-order valence-corrected chi connectivity index (χ2v) is 9.80. The van der Waals surface area contributed by atoms with Gasteiger partial charge >= 0.3 is 5.97 Å². The second-order valence-electron chi connectivity index (χ2n) is 7.94. The molecule has 13 heteroatoms. The summed E-state index contributed by atoms with van der Waals surface area (Å²) in [4.78, 5) is 36.2. The van der Waals surface area contributed by atoms with Crippen molar-refractivity contribution in [1.29, 1.82) is 5.26 Å². The van der Waals surface area contributed by atoms with Crippen molar-refractivity contribution in [1.82, 2.24) is 9.88 Å². The lowest BCUT2D eigenvalue weighted by molar-refractivity contribution is -0.114. The number of fused-ring (bicyclic) bond motifs is 1. The predicted octanol–water partition coefficient (Wildman–Crippen LogP) is 3.18. The van der Waals surface area contributed by atoms with Crippen molar-refractivity contribution >= 4 is 50.2 Å². The summed E-state index contributed by atoms with van der Waals surface area (Å²) >= 11 is 0. The van der Waals surface area contributed by atoms with Gasteiger partial charge in [-0.2, -0.15) is 5.26 Å². The predicted molar refractivity (Wildman–Crippen MR) is 136 cm³/mol. The fourth-order valence-corrected chi connectivity index (χ4v) is 4.72. The monoisotopic (exact) mass is 533 g/mol. The van der Waals surface area contributed by atoms with Crippen LogP contribution in [0.4, 0.5) is 11.4 Å². The number of hydrogen-bond acceptors (Lipinski definition) is 8. The molecule has 38 heavy (non-hydrogen) atoms. The number of benzene rings is 3. The Labute approximate surface area is 215 Å². The summed E-state index contributed by atoms with van der Waals surface area (Å²) in [6.45, 7) is 1.32. The molecule has 0 unspecified atom stereocenters. The zero-order valence-corrected chi connectivity index (χ0v) is 20.7. The SMILES string of the molecule is CNS(=O)(=O)c1cc2c(C(=O)Nc3ccc(C#N)cc3C(=O)O)noc2cc1-c1ccccc1NC(C)=O. The molecule has 0 saturated heterocycles. The molecule has 4 rings (SSSR count). The molecule has 0 aliphatic rings. The van der Waals surface area contributed by atoms with Gasteiger partial charge in [0.05, 0.1) is 33.2 Å². The van der Waals surface area contributed by atoms with Crippen molar-refractivity contribution in [2.45, 2.75) is 11.8 Å². The summed E-state index contributed by atoms with van der Waals surface area (Å²) in [5.41, 5.74) is 0.352. The number of amides is 2. The van der Waals surface area contributed by atoms with Crippen molar-refractivity contribution in [2.75, 3.05) is 17.7 Å². The topological polar surface area (TPSA) is 191 Å². The molecular formula is C25H19N5O7S. The number of aromatic nitrogens is 1. The van der Waals surface area contributed by atoms with Crippen LogP contribution in [-0.2, 0) is 14.8 Å². The molecule has 0 spiro atoms. The minimum Gasteiger partial charge on any atom is -0.478 e. The van der Waals surface area contributed by atoms with Gasteiger partial charge in [0, 0.05) is 23.7 Å². The smallest absolute Gasteiger partial charge is 0.337 e. The molecule has 1 aromatic heterocycles. The first-order valence-corrected chi connectivity index (χ1v) is 12.4. The lowest BCUT2D eigenvalue weighted by Crippen LogP contribution is -2.20. The van der Waals surface area contributed by atoms with Crippen LogP contribution in [0.15, 0.2) is 64.0 Å². The molecule has 4 N–H and O–H groups in total. The largest absolute Gasteiger partial charge is 0.478 e. The second kappa shape index (κ2) is 10.1. The number of carboxylic acids is 1. The molecule has 4 aromatic rings. The molecular weight excluding hydrogens is 514 g/mol. The molecule has 0 aliphatic heterocycles. The number of hydrogen-bond donors (Lipinski definition) is 4. The van der Waals surface area contributed by atoms with Crippen molar-refractivity contribution in [3.8, 4) is 17.2 Å². The van der Waals surface area contributed by atoms with E-state index in [1.165, 1.54) is 38.2 Å². The van der Waals surface area contributed by atoms with Gasteiger partial charge in [-0.15, -0.1) is 0 Å². The third kappa shape index (κ3) is 4.94. The quantitative estimate of drug-likeness (QED) is 0.276.